The highest BCUT2D eigenvalue weighted by atomic mass is 16.5. The smallest absolute Gasteiger partial charge is 0.321 e. The van der Waals surface area contributed by atoms with E-state index in [-0.39, 0.29) is 11.8 Å². The van der Waals surface area contributed by atoms with Crippen molar-refractivity contribution in [1.29, 1.82) is 0 Å². The first kappa shape index (κ1) is 17.2. The molecular weight excluding hydrogens is 338 g/mol. The third-order valence-electron chi connectivity index (χ3n) is 4.89. The normalized spacial score (nSPS) is 15.7. The first-order valence-electron chi connectivity index (χ1n) is 9.15. The molecule has 1 aromatic heterocycles. The van der Waals surface area contributed by atoms with E-state index in [9.17, 15) is 4.79 Å². The summed E-state index contributed by atoms with van der Waals surface area (Å²) >= 11 is 0. The summed E-state index contributed by atoms with van der Waals surface area (Å²) in [6, 6.07) is 15.8. The van der Waals surface area contributed by atoms with E-state index >= 15 is 0 Å². The topological polar surface area (TPSA) is 64.1 Å². The van der Waals surface area contributed by atoms with Gasteiger partial charge in [-0.15, -0.1) is 0 Å². The molecule has 1 heterocycles. The van der Waals surface area contributed by atoms with Gasteiger partial charge < -0.3 is 10.1 Å². The fourth-order valence-corrected chi connectivity index (χ4v) is 3.53. The number of fused-ring (bicyclic) bond motifs is 1. The lowest BCUT2D eigenvalue weighted by Gasteiger charge is -2.25. The monoisotopic (exact) mass is 359 g/mol. The first-order chi connectivity index (χ1) is 13.2. The number of hydrogen-bond donors (Lipinski definition) is 1. The molecule has 1 aliphatic carbocycles. The molecule has 1 unspecified atom stereocenters. The van der Waals surface area contributed by atoms with Crippen LogP contribution in [0.1, 0.15) is 35.4 Å². The highest BCUT2D eigenvalue weighted by molar-refractivity contribution is 5.96. The fraction of sp³-hybridized carbons (Fsp3) is 0.227. The number of aryl methyl sites for hydroxylation is 2. The first-order valence-corrected chi connectivity index (χ1v) is 9.15. The minimum atomic E-state index is -0.0944. The van der Waals surface area contributed by atoms with E-state index in [0.717, 1.165) is 36.1 Å². The maximum absolute atomic E-state index is 12.9. The van der Waals surface area contributed by atoms with Gasteiger partial charge in [0.25, 0.3) is 0 Å². The van der Waals surface area contributed by atoms with Gasteiger partial charge in [-0.25, -0.2) is 9.97 Å². The van der Waals surface area contributed by atoms with Crippen LogP contribution >= 0.6 is 0 Å². The van der Waals surface area contributed by atoms with Gasteiger partial charge in [0.1, 0.15) is 5.75 Å². The third-order valence-corrected chi connectivity index (χ3v) is 4.89. The van der Waals surface area contributed by atoms with E-state index in [4.69, 9.17) is 4.74 Å². The Hall–Kier alpha value is -3.21. The number of aromatic nitrogens is 2. The average Bonchev–Trinajstić information content (AvgIpc) is 2.70. The van der Waals surface area contributed by atoms with E-state index in [1.807, 2.05) is 37.3 Å². The number of benzene rings is 2. The van der Waals surface area contributed by atoms with Crippen molar-refractivity contribution in [3.8, 4) is 11.8 Å². The van der Waals surface area contributed by atoms with Crippen molar-refractivity contribution in [1.82, 2.24) is 9.97 Å². The number of anilines is 1. The Kier molecular flexibility index (Phi) is 4.83. The Balaban J connectivity index is 1.49. The maximum atomic E-state index is 12.9. The van der Waals surface area contributed by atoms with E-state index in [0.29, 0.717) is 11.8 Å². The largest absolute Gasteiger partial charge is 0.424 e. The molecule has 5 nitrogen and oxygen atoms in total. The fourth-order valence-electron chi connectivity index (χ4n) is 3.53. The van der Waals surface area contributed by atoms with Gasteiger partial charge in [-0.05, 0) is 67.1 Å². The summed E-state index contributed by atoms with van der Waals surface area (Å²) in [6.45, 7) is 1.95. The van der Waals surface area contributed by atoms with E-state index in [2.05, 4.69) is 27.4 Å². The molecule has 2 aromatic carbocycles. The van der Waals surface area contributed by atoms with Crippen LogP contribution in [0.25, 0.3) is 0 Å². The molecule has 5 heteroatoms. The highest BCUT2D eigenvalue weighted by Gasteiger charge is 2.26. The zero-order valence-electron chi connectivity index (χ0n) is 15.2. The second-order valence-corrected chi connectivity index (χ2v) is 6.74. The number of carbonyl (C=O) groups is 1. The molecule has 0 bridgehead atoms. The molecule has 1 aliphatic rings. The average molecular weight is 359 g/mol. The van der Waals surface area contributed by atoms with Crippen LogP contribution in [0.15, 0.2) is 60.9 Å². The molecule has 136 valence electrons. The van der Waals surface area contributed by atoms with Crippen molar-refractivity contribution in [2.24, 2.45) is 0 Å². The van der Waals surface area contributed by atoms with E-state index in [1.165, 1.54) is 5.56 Å². The molecular formula is C22H21N3O2. The van der Waals surface area contributed by atoms with Crippen LogP contribution in [0.2, 0.25) is 0 Å². The molecule has 0 fully saturated rings. The summed E-state index contributed by atoms with van der Waals surface area (Å²) in [5.74, 6) is 0.591. The van der Waals surface area contributed by atoms with Crippen molar-refractivity contribution < 1.29 is 9.53 Å². The zero-order chi connectivity index (χ0) is 18.6. The molecule has 1 N–H and O–H groups in total. The lowest BCUT2D eigenvalue weighted by atomic mass is 9.82. The minimum Gasteiger partial charge on any atom is -0.424 e. The summed E-state index contributed by atoms with van der Waals surface area (Å²) in [6.07, 6.45) is 6.23. The van der Waals surface area contributed by atoms with Crippen LogP contribution in [0.4, 0.5) is 5.69 Å². The predicted molar refractivity (Wildman–Crippen MR) is 104 cm³/mol. The van der Waals surface area contributed by atoms with E-state index in [1.54, 1.807) is 18.5 Å². The van der Waals surface area contributed by atoms with Crippen molar-refractivity contribution in [2.75, 3.05) is 5.32 Å². The van der Waals surface area contributed by atoms with Gasteiger partial charge in [-0.3, -0.25) is 4.79 Å². The SMILES string of the molecule is Cc1cc(Oc2ncccn2)ccc1NC(=O)C1CCCc2ccccc21. The molecule has 1 atom stereocenters. The highest BCUT2D eigenvalue weighted by Crippen LogP contribution is 2.33. The summed E-state index contributed by atoms with van der Waals surface area (Å²) in [5.41, 5.74) is 4.16. The predicted octanol–water partition coefficient (Wildman–Crippen LogP) is 4.64. The number of nitrogens with one attached hydrogen (secondary N) is 1. The standard InChI is InChI=1S/C22H21N3O2/c1-15-14-17(27-22-23-12-5-13-24-22)10-11-20(15)25-21(26)19-9-4-7-16-6-2-3-8-18(16)19/h2-3,5-6,8,10-14,19H,4,7,9H2,1H3,(H,25,26). The number of carbonyl (C=O) groups excluding carboxylic acids is 1. The van der Waals surface area contributed by atoms with Gasteiger partial charge in [0.05, 0.1) is 5.92 Å². The van der Waals surface area contributed by atoms with Crippen molar-refractivity contribution >= 4 is 11.6 Å². The van der Waals surface area contributed by atoms with Crippen molar-refractivity contribution in [3.05, 3.63) is 77.6 Å². The van der Waals surface area contributed by atoms with Gasteiger partial charge in [-0.1, -0.05) is 24.3 Å². The molecule has 0 radical (unpaired) electrons. The van der Waals surface area contributed by atoms with Crippen LogP contribution < -0.4 is 10.1 Å². The van der Waals surface area contributed by atoms with Crippen LogP contribution in [0, 0.1) is 6.92 Å². The molecule has 0 saturated carbocycles. The molecule has 0 spiro atoms. The molecule has 0 saturated heterocycles. The molecule has 0 aliphatic heterocycles. The zero-order valence-corrected chi connectivity index (χ0v) is 15.2. The third kappa shape index (κ3) is 3.82. The number of amides is 1. The minimum absolute atomic E-state index is 0.0466. The number of hydrogen-bond acceptors (Lipinski definition) is 4. The van der Waals surface area contributed by atoms with Gasteiger partial charge in [0, 0.05) is 18.1 Å². The molecule has 3 aromatic rings. The Morgan fingerprint density at radius 1 is 1.11 bits per heavy atom. The van der Waals surface area contributed by atoms with Gasteiger partial charge in [0.2, 0.25) is 5.91 Å². The Bertz CT molecular complexity index is 957. The summed E-state index contributed by atoms with van der Waals surface area (Å²) in [7, 11) is 0. The quantitative estimate of drug-likeness (QED) is 0.737. The molecule has 27 heavy (non-hydrogen) atoms. The maximum Gasteiger partial charge on any atom is 0.321 e. The summed E-state index contributed by atoms with van der Waals surface area (Å²) in [4.78, 5) is 21.0. The van der Waals surface area contributed by atoms with Crippen molar-refractivity contribution in [3.63, 3.8) is 0 Å². The number of nitrogens with zero attached hydrogens (tertiary/aromatic N) is 2. The molecule has 4 rings (SSSR count). The van der Waals surface area contributed by atoms with Gasteiger partial charge >= 0.3 is 6.01 Å². The molecule has 1 amide bonds. The number of rotatable bonds is 4. The number of ether oxygens (including phenoxy) is 1. The van der Waals surface area contributed by atoms with E-state index < -0.39 is 0 Å². The lowest BCUT2D eigenvalue weighted by Crippen LogP contribution is -2.25. The van der Waals surface area contributed by atoms with Crippen molar-refractivity contribution in [2.45, 2.75) is 32.1 Å². The Morgan fingerprint density at radius 2 is 1.93 bits per heavy atom. The van der Waals surface area contributed by atoms with Gasteiger partial charge in [0.15, 0.2) is 0 Å². The van der Waals surface area contributed by atoms with Crippen LogP contribution in [0.5, 0.6) is 11.8 Å². The second kappa shape index (κ2) is 7.58. The Labute approximate surface area is 158 Å². The summed E-state index contributed by atoms with van der Waals surface area (Å²) < 4.78 is 5.65. The van der Waals surface area contributed by atoms with Gasteiger partial charge in [-0.2, -0.15) is 0 Å². The Morgan fingerprint density at radius 3 is 2.74 bits per heavy atom. The van der Waals surface area contributed by atoms with Crippen LogP contribution in [-0.2, 0) is 11.2 Å². The second-order valence-electron chi connectivity index (χ2n) is 6.74. The van der Waals surface area contributed by atoms with Crippen LogP contribution in [-0.4, -0.2) is 15.9 Å². The van der Waals surface area contributed by atoms with Crippen LogP contribution in [0.3, 0.4) is 0 Å². The lowest BCUT2D eigenvalue weighted by molar-refractivity contribution is -0.117. The summed E-state index contributed by atoms with van der Waals surface area (Å²) in [5, 5.41) is 3.09.